The fourth-order valence-electron chi connectivity index (χ4n) is 9.35. The maximum absolute atomic E-state index is 12.8. The van der Waals surface area contributed by atoms with Gasteiger partial charge in [0.2, 0.25) is 0 Å². The predicted octanol–water partition coefficient (Wildman–Crippen LogP) is 21.2. The molecule has 0 N–H and O–H groups in total. The Morgan fingerprint density at radius 2 is 0.507 bits per heavy atom. The van der Waals surface area contributed by atoms with E-state index < -0.39 is 6.10 Å². The van der Waals surface area contributed by atoms with Gasteiger partial charge in [0, 0.05) is 19.3 Å². The van der Waals surface area contributed by atoms with Crippen molar-refractivity contribution < 1.29 is 28.6 Å². The first-order chi connectivity index (χ1) is 35.0. The third-order valence-electron chi connectivity index (χ3n) is 14.1. The Balaban J connectivity index is 4.17. The molecule has 0 aromatic rings. The van der Waals surface area contributed by atoms with Crippen LogP contribution in [0.2, 0.25) is 0 Å². The zero-order valence-corrected chi connectivity index (χ0v) is 47.8. The standard InChI is InChI=1S/C65H120O6/c1-4-7-10-13-16-19-22-24-26-27-28-29-30-31-32-33-34-35-36-37-39-40-43-46-49-52-55-58-64(67)70-61-62(60-69-63(66)57-54-51-48-45-42-21-18-15-12-9-6-3)71-65(68)59-56-53-50-47-44-41-38-25-23-20-17-14-11-8-5-2/h22,24-25,27-28,38,62H,4-21,23,26,29-37,39-61H2,1-3H3/b24-22-,28-27-,38-25-. The minimum Gasteiger partial charge on any atom is -0.462 e. The molecule has 0 radical (unpaired) electrons. The maximum atomic E-state index is 12.8. The van der Waals surface area contributed by atoms with E-state index in [-0.39, 0.29) is 31.1 Å². The summed E-state index contributed by atoms with van der Waals surface area (Å²) in [6, 6.07) is 0. The van der Waals surface area contributed by atoms with E-state index in [0.717, 1.165) is 70.6 Å². The van der Waals surface area contributed by atoms with Crippen molar-refractivity contribution in [2.24, 2.45) is 0 Å². The molecule has 0 aliphatic carbocycles. The van der Waals surface area contributed by atoms with Crippen LogP contribution in [0.15, 0.2) is 36.5 Å². The molecule has 0 aliphatic rings. The number of carbonyl (C=O) groups excluding carboxylic acids is 3. The van der Waals surface area contributed by atoms with Gasteiger partial charge in [-0.05, 0) is 77.0 Å². The topological polar surface area (TPSA) is 78.9 Å². The lowest BCUT2D eigenvalue weighted by atomic mass is 10.0. The van der Waals surface area contributed by atoms with Gasteiger partial charge in [0.25, 0.3) is 0 Å². The van der Waals surface area contributed by atoms with E-state index in [4.69, 9.17) is 14.2 Å². The molecule has 71 heavy (non-hydrogen) atoms. The normalized spacial score (nSPS) is 12.2. The average molecular weight is 998 g/mol. The second kappa shape index (κ2) is 60.2. The molecule has 1 atom stereocenters. The van der Waals surface area contributed by atoms with Crippen molar-refractivity contribution in [3.8, 4) is 0 Å². The highest BCUT2D eigenvalue weighted by Crippen LogP contribution is 2.17. The molecule has 6 nitrogen and oxygen atoms in total. The molecule has 1 unspecified atom stereocenters. The van der Waals surface area contributed by atoms with Crippen LogP contribution >= 0.6 is 0 Å². The highest BCUT2D eigenvalue weighted by molar-refractivity contribution is 5.71. The third kappa shape index (κ3) is 58.4. The zero-order chi connectivity index (χ0) is 51.4. The molecule has 0 rings (SSSR count). The van der Waals surface area contributed by atoms with Crippen molar-refractivity contribution in [2.45, 2.75) is 348 Å². The minimum absolute atomic E-state index is 0.0709. The molecule has 416 valence electrons. The van der Waals surface area contributed by atoms with Crippen LogP contribution in [0.1, 0.15) is 342 Å². The molecule has 0 aliphatic heterocycles. The number of hydrogen-bond donors (Lipinski definition) is 0. The van der Waals surface area contributed by atoms with Gasteiger partial charge in [0.05, 0.1) is 0 Å². The van der Waals surface area contributed by atoms with E-state index in [2.05, 4.69) is 57.2 Å². The van der Waals surface area contributed by atoms with Crippen molar-refractivity contribution in [1.82, 2.24) is 0 Å². The van der Waals surface area contributed by atoms with Gasteiger partial charge >= 0.3 is 17.9 Å². The largest absolute Gasteiger partial charge is 0.462 e. The maximum Gasteiger partial charge on any atom is 0.306 e. The minimum atomic E-state index is -0.772. The lowest BCUT2D eigenvalue weighted by molar-refractivity contribution is -0.167. The fraction of sp³-hybridized carbons (Fsp3) is 0.862. The van der Waals surface area contributed by atoms with Crippen molar-refractivity contribution in [3.63, 3.8) is 0 Å². The van der Waals surface area contributed by atoms with Gasteiger partial charge in [-0.3, -0.25) is 14.4 Å². The highest BCUT2D eigenvalue weighted by atomic mass is 16.6. The lowest BCUT2D eigenvalue weighted by Crippen LogP contribution is -2.30. The van der Waals surface area contributed by atoms with Crippen LogP contribution in [0.4, 0.5) is 0 Å². The van der Waals surface area contributed by atoms with Gasteiger partial charge in [-0.25, -0.2) is 0 Å². The quantitative estimate of drug-likeness (QED) is 0.0261. The van der Waals surface area contributed by atoms with Crippen molar-refractivity contribution in [2.75, 3.05) is 13.2 Å². The Labute approximate surface area is 442 Å². The van der Waals surface area contributed by atoms with Gasteiger partial charge in [0.15, 0.2) is 6.10 Å². The summed E-state index contributed by atoms with van der Waals surface area (Å²) in [6.07, 6.45) is 73.0. The summed E-state index contributed by atoms with van der Waals surface area (Å²) < 4.78 is 16.9. The first-order valence-electron chi connectivity index (χ1n) is 31.5. The summed E-state index contributed by atoms with van der Waals surface area (Å²) in [6.45, 7) is 6.66. The Bertz CT molecular complexity index is 1190. The van der Waals surface area contributed by atoms with E-state index in [1.54, 1.807) is 0 Å². The number of unbranched alkanes of at least 4 members (excludes halogenated alkanes) is 41. The molecular weight excluding hydrogens is 877 g/mol. The second-order valence-electron chi connectivity index (χ2n) is 21.3. The molecule has 0 aromatic carbocycles. The van der Waals surface area contributed by atoms with Gasteiger partial charge < -0.3 is 14.2 Å². The number of allylic oxidation sites excluding steroid dienone is 6. The third-order valence-corrected chi connectivity index (χ3v) is 14.1. The zero-order valence-electron chi connectivity index (χ0n) is 47.8. The smallest absolute Gasteiger partial charge is 0.306 e. The van der Waals surface area contributed by atoms with Crippen LogP contribution in [0.5, 0.6) is 0 Å². The van der Waals surface area contributed by atoms with Crippen LogP contribution in [-0.4, -0.2) is 37.2 Å². The van der Waals surface area contributed by atoms with Crippen molar-refractivity contribution >= 4 is 17.9 Å². The summed E-state index contributed by atoms with van der Waals surface area (Å²) in [4.78, 5) is 38.2. The van der Waals surface area contributed by atoms with Crippen LogP contribution in [0.3, 0.4) is 0 Å². The van der Waals surface area contributed by atoms with Crippen molar-refractivity contribution in [1.29, 1.82) is 0 Å². The van der Waals surface area contributed by atoms with Crippen LogP contribution in [0, 0.1) is 0 Å². The molecule has 0 aromatic heterocycles. The lowest BCUT2D eigenvalue weighted by Gasteiger charge is -2.18. The first kappa shape index (κ1) is 68.6. The molecule has 0 saturated carbocycles. The Morgan fingerprint density at radius 3 is 0.789 bits per heavy atom. The molecule has 0 bridgehead atoms. The van der Waals surface area contributed by atoms with E-state index in [1.807, 2.05) is 0 Å². The summed E-state index contributed by atoms with van der Waals surface area (Å²) in [7, 11) is 0. The fourth-order valence-corrected chi connectivity index (χ4v) is 9.35. The number of hydrogen-bond acceptors (Lipinski definition) is 6. The Kier molecular flexibility index (Phi) is 58.2. The molecule has 0 fully saturated rings. The average Bonchev–Trinajstić information content (AvgIpc) is 3.37. The Hall–Kier alpha value is -2.37. The number of esters is 3. The predicted molar refractivity (Wildman–Crippen MR) is 307 cm³/mol. The number of rotatable bonds is 58. The molecule has 0 saturated heterocycles. The van der Waals surface area contributed by atoms with E-state index in [1.165, 1.54) is 231 Å². The summed E-state index contributed by atoms with van der Waals surface area (Å²) in [5.74, 6) is -0.860. The van der Waals surface area contributed by atoms with Crippen LogP contribution in [0.25, 0.3) is 0 Å². The van der Waals surface area contributed by atoms with Crippen LogP contribution < -0.4 is 0 Å². The molecule has 0 spiro atoms. The van der Waals surface area contributed by atoms with Gasteiger partial charge in [-0.2, -0.15) is 0 Å². The summed E-state index contributed by atoms with van der Waals surface area (Å²) in [5.41, 5.74) is 0. The highest BCUT2D eigenvalue weighted by Gasteiger charge is 2.19. The van der Waals surface area contributed by atoms with E-state index in [9.17, 15) is 14.4 Å². The van der Waals surface area contributed by atoms with Gasteiger partial charge in [-0.15, -0.1) is 0 Å². The Morgan fingerprint density at radius 1 is 0.282 bits per heavy atom. The monoisotopic (exact) mass is 997 g/mol. The summed E-state index contributed by atoms with van der Waals surface area (Å²) in [5, 5.41) is 0. The van der Waals surface area contributed by atoms with Crippen molar-refractivity contribution in [3.05, 3.63) is 36.5 Å². The SMILES string of the molecule is CCCCCCC/C=C\C/C=C\CCCCCCCCCCCCCCCCCC(=O)OCC(COC(=O)CCCCCCCCCCCCC)OC(=O)CCCCCCC/C=C\CCCCCCCC. The van der Waals surface area contributed by atoms with E-state index >= 15 is 0 Å². The molecule has 0 amide bonds. The summed E-state index contributed by atoms with van der Waals surface area (Å²) >= 11 is 0. The van der Waals surface area contributed by atoms with Gasteiger partial charge in [0.1, 0.15) is 13.2 Å². The first-order valence-corrected chi connectivity index (χ1v) is 31.5. The second-order valence-corrected chi connectivity index (χ2v) is 21.3. The molecular formula is C65H120O6. The van der Waals surface area contributed by atoms with Crippen LogP contribution in [-0.2, 0) is 28.6 Å². The molecule has 6 heteroatoms. The van der Waals surface area contributed by atoms with E-state index in [0.29, 0.717) is 19.3 Å². The number of ether oxygens (including phenoxy) is 3. The van der Waals surface area contributed by atoms with Gasteiger partial charge in [-0.1, -0.05) is 282 Å². The number of carbonyl (C=O) groups is 3. The molecule has 0 heterocycles.